The van der Waals surface area contributed by atoms with Crippen molar-refractivity contribution in [2.75, 3.05) is 47.5 Å². The smallest absolute Gasteiger partial charge is 0.255 e. The molecule has 1 aliphatic heterocycles. The van der Waals surface area contributed by atoms with Crippen LogP contribution in [-0.2, 0) is 0 Å². The zero-order valence-electron chi connectivity index (χ0n) is 27.7. The molecule has 0 spiro atoms. The lowest BCUT2D eigenvalue weighted by Gasteiger charge is -2.28. The van der Waals surface area contributed by atoms with Crippen LogP contribution in [-0.4, -0.2) is 59.4 Å². The number of hydrogen-bond donors (Lipinski definition) is 2. The number of rotatable bonds is 13. The monoisotopic (exact) mass is 700 g/mol. The van der Waals surface area contributed by atoms with Crippen LogP contribution in [0.15, 0.2) is 82.5 Å². The number of nitrogens with one attached hydrogen (secondary N) is 2. The molecule has 0 saturated heterocycles. The Morgan fingerprint density at radius 2 is 1.48 bits per heavy atom. The third kappa shape index (κ3) is 7.03. The molecular weight excluding hydrogens is 668 g/mol. The first kappa shape index (κ1) is 33.8. The molecule has 0 aliphatic carbocycles. The molecule has 258 valence electrons. The molecule has 2 heterocycles. The fourth-order valence-electron chi connectivity index (χ4n) is 5.31. The maximum atomic E-state index is 12.7. The summed E-state index contributed by atoms with van der Waals surface area (Å²) < 4.78 is 38.9. The number of aromatic nitrogens is 1. The molecule has 50 heavy (non-hydrogen) atoms. The zero-order chi connectivity index (χ0) is 35.2. The Bertz CT molecular complexity index is 2020. The summed E-state index contributed by atoms with van der Waals surface area (Å²) in [5.74, 6) is 3.48. The number of benzene rings is 4. The van der Waals surface area contributed by atoms with Crippen molar-refractivity contribution in [2.24, 2.45) is 5.16 Å². The van der Waals surface area contributed by atoms with Crippen LogP contribution in [0.4, 0.5) is 5.69 Å². The second-order valence-corrected chi connectivity index (χ2v) is 11.1. The Balaban J connectivity index is 1.11. The molecule has 4 aromatic carbocycles. The molecule has 0 fully saturated rings. The van der Waals surface area contributed by atoms with Gasteiger partial charge in [-0.25, -0.2) is 0 Å². The van der Waals surface area contributed by atoms with Crippen molar-refractivity contribution in [3.63, 3.8) is 0 Å². The third-order valence-electron chi connectivity index (χ3n) is 7.78. The van der Waals surface area contributed by atoms with E-state index in [1.807, 2.05) is 12.1 Å². The van der Waals surface area contributed by atoms with E-state index in [2.05, 4.69) is 20.9 Å². The first-order valence-corrected chi connectivity index (χ1v) is 15.6. The van der Waals surface area contributed by atoms with Crippen LogP contribution >= 0.6 is 11.6 Å². The van der Waals surface area contributed by atoms with Crippen LogP contribution in [0.1, 0.15) is 22.1 Å². The van der Waals surface area contributed by atoms with E-state index in [1.54, 1.807) is 82.0 Å². The molecular formula is C36H33ClN4O9. The number of ether oxygens (including phenoxy) is 6. The Morgan fingerprint density at radius 3 is 2.20 bits per heavy atom. The molecule has 1 aliphatic rings. The molecule has 0 saturated carbocycles. The number of halogens is 1. The Hall–Kier alpha value is -6.08. The highest BCUT2D eigenvalue weighted by molar-refractivity contribution is 6.31. The number of hydrogen-bond acceptors (Lipinski definition) is 12. The summed E-state index contributed by atoms with van der Waals surface area (Å²) in [7, 11) is 7.70. The first-order valence-electron chi connectivity index (χ1n) is 15.2. The second kappa shape index (κ2) is 15.0. The van der Waals surface area contributed by atoms with E-state index < -0.39 is 6.17 Å². The van der Waals surface area contributed by atoms with E-state index in [1.165, 1.54) is 20.4 Å². The molecule has 1 unspecified atom stereocenters. The minimum Gasteiger partial charge on any atom is -0.493 e. The second-order valence-electron chi connectivity index (χ2n) is 10.7. The number of amides is 1. The van der Waals surface area contributed by atoms with Gasteiger partial charge in [-0.15, -0.1) is 0 Å². The molecule has 1 aromatic heterocycles. The quantitative estimate of drug-likeness (QED) is 0.0967. The molecule has 6 rings (SSSR count). The molecule has 0 bridgehead atoms. The first-order chi connectivity index (χ1) is 24.3. The van der Waals surface area contributed by atoms with E-state index in [0.29, 0.717) is 79.1 Å². The van der Waals surface area contributed by atoms with Gasteiger partial charge in [0.1, 0.15) is 18.5 Å². The van der Waals surface area contributed by atoms with E-state index in [4.69, 9.17) is 49.4 Å². The van der Waals surface area contributed by atoms with Gasteiger partial charge in [-0.3, -0.25) is 4.79 Å². The van der Waals surface area contributed by atoms with Crippen molar-refractivity contribution >= 4 is 29.4 Å². The van der Waals surface area contributed by atoms with Crippen LogP contribution in [0.25, 0.3) is 22.6 Å². The standard InChI is InChI=1S/C36H33ClN4O9/c1-43-27-10-6-20(26-19-29(50-41-26)22-16-32(45-3)34(47-5)33(17-22)46-4)14-31(27)49-38-12-13-48-28-11-7-21(15-30(28)44-2)35-39-25-9-8-23(37)18-24(25)36(42)40-35/h6-12,14-19,35,39H,13H2,1-5H3,(H,40,42)/b38-12+. The summed E-state index contributed by atoms with van der Waals surface area (Å²) in [4.78, 5) is 18.4. The maximum Gasteiger partial charge on any atom is 0.255 e. The lowest BCUT2D eigenvalue weighted by molar-refractivity contribution is 0.0935. The van der Waals surface area contributed by atoms with Crippen LogP contribution in [0.2, 0.25) is 5.02 Å². The van der Waals surface area contributed by atoms with Gasteiger partial charge in [0.05, 0.1) is 47.3 Å². The van der Waals surface area contributed by atoms with Crippen LogP contribution in [0.3, 0.4) is 0 Å². The molecule has 13 nitrogen and oxygen atoms in total. The fraction of sp³-hybridized carbons (Fsp3) is 0.194. The minimum atomic E-state index is -0.474. The summed E-state index contributed by atoms with van der Waals surface area (Å²) in [6.07, 6.45) is 0.987. The zero-order valence-corrected chi connectivity index (χ0v) is 28.5. The van der Waals surface area contributed by atoms with Gasteiger partial charge in [-0.05, 0) is 66.2 Å². The highest BCUT2D eigenvalue weighted by Gasteiger charge is 2.26. The van der Waals surface area contributed by atoms with Crippen LogP contribution in [0, 0.1) is 0 Å². The highest BCUT2D eigenvalue weighted by atomic mass is 35.5. The number of carbonyl (C=O) groups is 1. The SMILES string of the molecule is COc1cc(C2NC(=O)c3cc(Cl)ccc3N2)ccc1OC/C=N/Oc1cc(-c2cc(-c3cc(OC)c(OC)c(OC)c3)on2)ccc1OC. The number of nitrogens with zero attached hydrogens (tertiary/aromatic N) is 2. The Morgan fingerprint density at radius 1 is 0.760 bits per heavy atom. The van der Waals surface area contributed by atoms with Gasteiger partial charge in [0.15, 0.2) is 40.3 Å². The fourth-order valence-corrected chi connectivity index (χ4v) is 5.48. The third-order valence-corrected chi connectivity index (χ3v) is 8.02. The number of oxime groups is 1. The molecule has 1 atom stereocenters. The molecule has 2 N–H and O–H groups in total. The number of carbonyl (C=O) groups excluding carboxylic acids is 1. The average Bonchev–Trinajstić information content (AvgIpc) is 3.65. The molecule has 1 amide bonds. The van der Waals surface area contributed by atoms with Gasteiger partial charge in [-0.2, -0.15) is 0 Å². The van der Waals surface area contributed by atoms with Gasteiger partial charge in [0, 0.05) is 27.9 Å². The molecule has 0 radical (unpaired) electrons. The lowest BCUT2D eigenvalue weighted by atomic mass is 10.1. The van der Waals surface area contributed by atoms with Crippen molar-refractivity contribution in [2.45, 2.75) is 6.17 Å². The lowest BCUT2D eigenvalue weighted by Crippen LogP contribution is -2.38. The summed E-state index contributed by atoms with van der Waals surface area (Å²) in [6, 6.07) is 21.1. The average molecular weight is 701 g/mol. The minimum absolute atomic E-state index is 0.0751. The summed E-state index contributed by atoms with van der Waals surface area (Å²) in [6.45, 7) is 0.0751. The van der Waals surface area contributed by atoms with Gasteiger partial charge >= 0.3 is 0 Å². The normalized spacial score (nSPS) is 13.6. The van der Waals surface area contributed by atoms with Gasteiger partial charge in [0.25, 0.3) is 5.91 Å². The van der Waals surface area contributed by atoms with Gasteiger partial charge in [-0.1, -0.05) is 28.0 Å². The topological polar surface area (TPSA) is 144 Å². The number of methoxy groups -OCH3 is 5. The molecule has 14 heteroatoms. The predicted molar refractivity (Wildman–Crippen MR) is 186 cm³/mol. The summed E-state index contributed by atoms with van der Waals surface area (Å²) >= 11 is 6.05. The van der Waals surface area contributed by atoms with Crippen molar-refractivity contribution in [3.8, 4) is 62.8 Å². The largest absolute Gasteiger partial charge is 0.493 e. The number of anilines is 1. The maximum absolute atomic E-state index is 12.7. The summed E-state index contributed by atoms with van der Waals surface area (Å²) in [5, 5.41) is 15.0. The Labute approximate surface area is 292 Å². The van der Waals surface area contributed by atoms with Crippen LogP contribution in [0.5, 0.6) is 40.2 Å². The number of fused-ring (bicyclic) bond motifs is 1. The van der Waals surface area contributed by atoms with Crippen molar-refractivity contribution < 1.29 is 42.6 Å². The molecule has 5 aromatic rings. The summed E-state index contributed by atoms with van der Waals surface area (Å²) in [5.41, 5.74) is 3.88. The van der Waals surface area contributed by atoms with Gasteiger partial charge in [0.2, 0.25) is 5.75 Å². The van der Waals surface area contributed by atoms with Crippen LogP contribution < -0.4 is 43.9 Å². The van der Waals surface area contributed by atoms with Crippen molar-refractivity contribution in [1.82, 2.24) is 10.5 Å². The van der Waals surface area contributed by atoms with E-state index in [0.717, 1.165) is 5.56 Å². The predicted octanol–water partition coefficient (Wildman–Crippen LogP) is 7.00. The van der Waals surface area contributed by atoms with E-state index >= 15 is 0 Å². The highest BCUT2D eigenvalue weighted by Crippen LogP contribution is 2.42. The Kier molecular flexibility index (Phi) is 10.1. The van der Waals surface area contributed by atoms with Crippen molar-refractivity contribution in [3.05, 3.63) is 88.9 Å². The van der Waals surface area contributed by atoms with Gasteiger partial charge < -0.3 is 48.4 Å². The van der Waals surface area contributed by atoms with E-state index in [9.17, 15) is 4.79 Å². The van der Waals surface area contributed by atoms with E-state index in [-0.39, 0.29) is 12.5 Å². The van der Waals surface area contributed by atoms with Crippen molar-refractivity contribution in [1.29, 1.82) is 0 Å².